The molecule has 35 heavy (non-hydrogen) atoms. The van der Waals surface area contributed by atoms with Crippen molar-refractivity contribution in [3.05, 3.63) is 29.5 Å². The number of aliphatic hydroxyl groups excluding tert-OH is 1. The number of benzene rings is 1. The standard InChI is InChI=1S/C22H30F3N5O5/c1-7-33-12-34-16-10-14(22(23,24)25)8-9-15(16)18-13(2)26-19(29-28-18)27-17(31)11-30(6)20(32)35-21(3,4)5/h8-10,17,31H,7,11-12H2,1-6H3,(H,26,27,29). The molecule has 10 nitrogen and oxygen atoms in total. The number of hydrogen-bond acceptors (Lipinski definition) is 9. The van der Waals surface area contributed by atoms with E-state index >= 15 is 0 Å². The molecule has 0 bridgehead atoms. The van der Waals surface area contributed by atoms with E-state index in [2.05, 4.69) is 20.5 Å². The Hall–Kier alpha value is -3.19. The smallest absolute Gasteiger partial charge is 0.416 e. The van der Waals surface area contributed by atoms with Gasteiger partial charge in [0, 0.05) is 19.2 Å². The van der Waals surface area contributed by atoms with Crippen molar-refractivity contribution < 1.29 is 37.3 Å². The number of aliphatic hydroxyl groups is 1. The van der Waals surface area contributed by atoms with Crippen molar-refractivity contribution in [2.24, 2.45) is 0 Å². The quantitative estimate of drug-likeness (QED) is 0.390. The fourth-order valence-electron chi connectivity index (χ4n) is 2.78. The second-order valence-electron chi connectivity index (χ2n) is 8.55. The molecule has 1 aromatic heterocycles. The predicted molar refractivity (Wildman–Crippen MR) is 121 cm³/mol. The number of amides is 1. The molecule has 2 N–H and O–H groups in total. The first-order valence-electron chi connectivity index (χ1n) is 10.7. The third-order valence-electron chi connectivity index (χ3n) is 4.37. The molecule has 0 saturated carbocycles. The minimum absolute atomic E-state index is 0.0416. The van der Waals surface area contributed by atoms with Crippen LogP contribution in [0.5, 0.6) is 5.75 Å². The molecular weight excluding hydrogens is 471 g/mol. The van der Waals surface area contributed by atoms with Gasteiger partial charge in [-0.05, 0) is 52.8 Å². The fourth-order valence-corrected chi connectivity index (χ4v) is 2.78. The van der Waals surface area contributed by atoms with E-state index in [9.17, 15) is 23.1 Å². The maximum absolute atomic E-state index is 13.2. The predicted octanol–water partition coefficient (Wildman–Crippen LogP) is 3.84. The Balaban J connectivity index is 2.20. The van der Waals surface area contributed by atoms with Crippen molar-refractivity contribution in [1.82, 2.24) is 20.1 Å². The summed E-state index contributed by atoms with van der Waals surface area (Å²) in [4.78, 5) is 17.4. The van der Waals surface area contributed by atoms with Crippen LogP contribution in [0.15, 0.2) is 18.2 Å². The van der Waals surface area contributed by atoms with Crippen LogP contribution < -0.4 is 10.1 Å². The zero-order valence-electron chi connectivity index (χ0n) is 20.4. The number of nitrogens with zero attached hydrogens (tertiary/aromatic N) is 4. The molecule has 0 spiro atoms. The van der Waals surface area contributed by atoms with Crippen LogP contribution in [0.1, 0.15) is 39.0 Å². The molecule has 0 aliphatic rings. The van der Waals surface area contributed by atoms with E-state index in [1.807, 2.05) is 0 Å². The van der Waals surface area contributed by atoms with Gasteiger partial charge in [0.15, 0.2) is 6.79 Å². The first-order valence-corrected chi connectivity index (χ1v) is 10.7. The second kappa shape index (κ2) is 11.5. The Kier molecular flexibility index (Phi) is 9.21. The van der Waals surface area contributed by atoms with E-state index < -0.39 is 29.7 Å². The summed E-state index contributed by atoms with van der Waals surface area (Å²) >= 11 is 0. The average molecular weight is 502 g/mol. The van der Waals surface area contributed by atoms with Crippen LogP contribution in [0.25, 0.3) is 11.3 Å². The Bertz CT molecular complexity index is 1010. The van der Waals surface area contributed by atoms with Crippen LogP contribution in [0, 0.1) is 6.92 Å². The Morgan fingerprint density at radius 1 is 1.23 bits per heavy atom. The van der Waals surface area contributed by atoms with Crippen molar-refractivity contribution in [3.63, 3.8) is 0 Å². The van der Waals surface area contributed by atoms with Gasteiger partial charge in [0.05, 0.1) is 17.8 Å². The Morgan fingerprint density at radius 3 is 2.49 bits per heavy atom. The third-order valence-corrected chi connectivity index (χ3v) is 4.37. The summed E-state index contributed by atoms with van der Waals surface area (Å²) in [6.45, 7) is 8.42. The van der Waals surface area contributed by atoms with Gasteiger partial charge >= 0.3 is 12.3 Å². The van der Waals surface area contributed by atoms with Crippen LogP contribution in [0.3, 0.4) is 0 Å². The maximum Gasteiger partial charge on any atom is 0.416 e. The number of aromatic nitrogens is 3. The number of aryl methyl sites for hydroxylation is 1. The summed E-state index contributed by atoms with van der Waals surface area (Å²) in [5, 5.41) is 20.8. The number of carbonyl (C=O) groups excluding carboxylic acids is 1. The monoisotopic (exact) mass is 501 g/mol. The van der Waals surface area contributed by atoms with Crippen LogP contribution in [-0.2, 0) is 15.7 Å². The number of rotatable bonds is 9. The molecule has 0 aliphatic carbocycles. The van der Waals surface area contributed by atoms with Gasteiger partial charge in [-0.1, -0.05) is 0 Å². The van der Waals surface area contributed by atoms with Gasteiger partial charge in [-0.3, -0.25) is 0 Å². The van der Waals surface area contributed by atoms with Crippen molar-refractivity contribution in [1.29, 1.82) is 0 Å². The molecule has 1 heterocycles. The highest BCUT2D eigenvalue weighted by Gasteiger charge is 2.32. The number of hydrogen-bond donors (Lipinski definition) is 2. The first-order chi connectivity index (χ1) is 16.2. The Labute approximate surface area is 201 Å². The number of anilines is 1. The zero-order valence-corrected chi connectivity index (χ0v) is 20.4. The zero-order chi connectivity index (χ0) is 26.4. The molecule has 2 rings (SSSR count). The third kappa shape index (κ3) is 8.51. The first kappa shape index (κ1) is 28.1. The lowest BCUT2D eigenvalue weighted by atomic mass is 10.1. The van der Waals surface area contributed by atoms with Gasteiger partial charge in [0.1, 0.15) is 23.3 Å². The number of nitrogens with one attached hydrogen (secondary N) is 1. The van der Waals surface area contributed by atoms with Crippen LogP contribution in [-0.4, -0.2) is 70.1 Å². The van der Waals surface area contributed by atoms with Crippen LogP contribution >= 0.6 is 0 Å². The molecule has 13 heteroatoms. The summed E-state index contributed by atoms with van der Waals surface area (Å²) in [6.07, 6.45) is -6.42. The topological polar surface area (TPSA) is 119 Å². The number of ether oxygens (including phenoxy) is 3. The number of carbonyl (C=O) groups is 1. The molecule has 0 aliphatic heterocycles. The van der Waals surface area contributed by atoms with Crippen molar-refractivity contribution in [3.8, 4) is 17.0 Å². The van der Waals surface area contributed by atoms with Gasteiger partial charge in [-0.2, -0.15) is 13.2 Å². The van der Waals surface area contributed by atoms with Gasteiger partial charge in [-0.15, -0.1) is 10.2 Å². The Morgan fingerprint density at radius 2 is 1.91 bits per heavy atom. The number of halogens is 3. The van der Waals surface area contributed by atoms with E-state index in [0.717, 1.165) is 12.1 Å². The van der Waals surface area contributed by atoms with E-state index in [4.69, 9.17) is 14.2 Å². The van der Waals surface area contributed by atoms with Gasteiger partial charge < -0.3 is 29.5 Å². The molecule has 0 radical (unpaired) electrons. The van der Waals surface area contributed by atoms with Crippen LogP contribution in [0.4, 0.5) is 23.9 Å². The van der Waals surface area contributed by atoms with Crippen molar-refractivity contribution in [2.75, 3.05) is 32.3 Å². The number of likely N-dealkylation sites (N-methyl/N-ethyl adjacent to an activating group) is 1. The molecule has 1 unspecified atom stereocenters. The summed E-state index contributed by atoms with van der Waals surface area (Å²) in [7, 11) is 1.46. The van der Waals surface area contributed by atoms with Crippen molar-refractivity contribution in [2.45, 2.75) is 52.6 Å². The number of alkyl halides is 3. The minimum Gasteiger partial charge on any atom is -0.467 e. The molecule has 0 fully saturated rings. The lowest BCUT2D eigenvalue weighted by Crippen LogP contribution is -2.41. The molecule has 1 atom stereocenters. The summed E-state index contributed by atoms with van der Waals surface area (Å²) in [6, 6.07) is 2.99. The lowest BCUT2D eigenvalue weighted by Gasteiger charge is -2.26. The van der Waals surface area contributed by atoms with Crippen LogP contribution in [0.2, 0.25) is 0 Å². The maximum atomic E-state index is 13.2. The normalized spacial score (nSPS) is 12.7. The van der Waals surface area contributed by atoms with Crippen molar-refractivity contribution >= 4 is 12.0 Å². The highest BCUT2D eigenvalue weighted by Crippen LogP contribution is 2.37. The highest BCUT2D eigenvalue weighted by atomic mass is 19.4. The average Bonchev–Trinajstić information content (AvgIpc) is 2.72. The molecule has 2 aromatic rings. The summed E-state index contributed by atoms with van der Waals surface area (Å²) in [5.41, 5.74) is -0.825. The van der Waals surface area contributed by atoms with Gasteiger partial charge in [0.25, 0.3) is 0 Å². The second-order valence-corrected chi connectivity index (χ2v) is 8.55. The minimum atomic E-state index is -4.56. The largest absolute Gasteiger partial charge is 0.467 e. The lowest BCUT2D eigenvalue weighted by molar-refractivity contribution is -0.137. The highest BCUT2D eigenvalue weighted by molar-refractivity contribution is 5.70. The van der Waals surface area contributed by atoms with Gasteiger partial charge in [-0.25, -0.2) is 9.78 Å². The fraction of sp³-hybridized carbons (Fsp3) is 0.545. The molecule has 1 aromatic carbocycles. The van der Waals surface area contributed by atoms with E-state index in [1.54, 1.807) is 34.6 Å². The van der Waals surface area contributed by atoms with E-state index in [0.29, 0.717) is 12.3 Å². The molecule has 1 amide bonds. The van der Waals surface area contributed by atoms with Gasteiger partial charge in [0.2, 0.25) is 5.95 Å². The summed E-state index contributed by atoms with van der Waals surface area (Å²) < 4.78 is 55.2. The summed E-state index contributed by atoms with van der Waals surface area (Å²) in [5.74, 6) is -0.132. The molecule has 0 saturated heterocycles. The molecular formula is C22H30F3N5O5. The SMILES string of the molecule is CCOCOc1cc(C(F)(F)F)ccc1-c1nnc(NC(O)CN(C)C(=O)OC(C)(C)C)nc1C. The van der Waals surface area contributed by atoms with E-state index in [-0.39, 0.29) is 36.3 Å². The molecule has 194 valence electrons. The van der Waals surface area contributed by atoms with E-state index in [1.165, 1.54) is 18.0 Å².